The van der Waals surface area contributed by atoms with Gasteiger partial charge in [0.25, 0.3) is 0 Å². The molecule has 1 rings (SSSR count). The van der Waals surface area contributed by atoms with E-state index in [0.717, 1.165) is 0 Å². The number of hydrogen-bond acceptors (Lipinski definition) is 0. The van der Waals surface area contributed by atoms with Gasteiger partial charge < -0.3 is 9.24 Å². The molecule has 1 aromatic carbocycles. The number of hydrogen-bond donors (Lipinski definition) is 0. The van der Waals surface area contributed by atoms with Gasteiger partial charge in [0.1, 0.15) is 0 Å². The molecular formula is C15H24P-. The zero-order chi connectivity index (χ0) is 12.5. The highest BCUT2D eigenvalue weighted by molar-refractivity contribution is 7.27. The lowest BCUT2D eigenvalue weighted by Gasteiger charge is -2.25. The van der Waals surface area contributed by atoms with Gasteiger partial charge in [-0.05, 0) is 23.3 Å². The molecule has 0 aliphatic heterocycles. The van der Waals surface area contributed by atoms with Gasteiger partial charge in [-0.1, -0.05) is 64.8 Å². The van der Waals surface area contributed by atoms with Crippen molar-refractivity contribution in [3.8, 4) is 0 Å². The van der Waals surface area contributed by atoms with E-state index >= 15 is 0 Å². The standard InChI is InChI=1S/C15H24P/c1-9(2)12-7-13(10(3)4)15(16)14(8-12)11(5)6/h7-11,16H,1-6H3/q-1. The summed E-state index contributed by atoms with van der Waals surface area (Å²) in [6.07, 6.45) is 0. The van der Waals surface area contributed by atoms with Gasteiger partial charge in [0.05, 0.1) is 0 Å². The summed E-state index contributed by atoms with van der Waals surface area (Å²) in [6.45, 7) is 13.6. The monoisotopic (exact) mass is 235 g/mol. The average Bonchev–Trinajstić information content (AvgIpc) is 2.16. The van der Waals surface area contributed by atoms with Crippen LogP contribution in [-0.2, 0) is 0 Å². The van der Waals surface area contributed by atoms with Gasteiger partial charge in [-0.15, -0.1) is 0 Å². The summed E-state index contributed by atoms with van der Waals surface area (Å²) < 4.78 is 0. The van der Waals surface area contributed by atoms with E-state index in [2.05, 4.69) is 62.9 Å². The second-order valence-corrected chi connectivity index (χ2v) is 6.04. The second kappa shape index (κ2) is 5.32. The summed E-state index contributed by atoms with van der Waals surface area (Å²) in [5, 5.41) is 1.30. The van der Waals surface area contributed by atoms with Crippen LogP contribution in [-0.4, -0.2) is 0 Å². The number of rotatable bonds is 3. The van der Waals surface area contributed by atoms with E-state index in [1.165, 1.54) is 22.0 Å². The second-order valence-electron chi connectivity index (χ2n) is 5.54. The highest BCUT2D eigenvalue weighted by Gasteiger charge is 2.10. The van der Waals surface area contributed by atoms with Crippen molar-refractivity contribution < 1.29 is 0 Å². The van der Waals surface area contributed by atoms with Crippen LogP contribution in [0.1, 0.15) is 76.0 Å². The van der Waals surface area contributed by atoms with Crippen molar-refractivity contribution in [3.63, 3.8) is 0 Å². The van der Waals surface area contributed by atoms with Crippen LogP contribution in [0.5, 0.6) is 0 Å². The molecule has 0 bridgehead atoms. The smallest absolute Gasteiger partial charge is 0.0219 e. The lowest BCUT2D eigenvalue weighted by Crippen LogP contribution is -2.13. The molecule has 1 aromatic rings. The van der Waals surface area contributed by atoms with Crippen molar-refractivity contribution in [1.82, 2.24) is 0 Å². The first kappa shape index (κ1) is 13.7. The zero-order valence-electron chi connectivity index (χ0n) is 11.4. The molecule has 0 spiro atoms. The van der Waals surface area contributed by atoms with Gasteiger partial charge in [-0.25, -0.2) is 5.30 Å². The molecule has 0 radical (unpaired) electrons. The molecule has 0 saturated heterocycles. The Labute approximate surface area is 103 Å². The average molecular weight is 235 g/mol. The summed E-state index contributed by atoms with van der Waals surface area (Å²) in [4.78, 5) is 0. The molecule has 0 fully saturated rings. The molecule has 0 N–H and O–H groups in total. The third-order valence-electron chi connectivity index (χ3n) is 3.13. The molecule has 1 heteroatoms. The highest BCUT2D eigenvalue weighted by atomic mass is 31.0. The molecule has 0 saturated carbocycles. The van der Waals surface area contributed by atoms with Crippen LogP contribution in [0.25, 0.3) is 0 Å². The minimum absolute atomic E-state index is 0.573. The molecular weight excluding hydrogens is 211 g/mol. The normalized spacial score (nSPS) is 11.9. The van der Waals surface area contributed by atoms with Crippen LogP contribution < -0.4 is 5.30 Å². The quantitative estimate of drug-likeness (QED) is 0.658. The van der Waals surface area contributed by atoms with Crippen LogP contribution in [0.15, 0.2) is 12.1 Å². The van der Waals surface area contributed by atoms with E-state index in [1.807, 2.05) is 0 Å². The van der Waals surface area contributed by atoms with Crippen LogP contribution in [0, 0.1) is 0 Å². The van der Waals surface area contributed by atoms with Gasteiger partial charge in [0, 0.05) is 0 Å². The fraction of sp³-hybridized carbons (Fsp3) is 0.600. The van der Waals surface area contributed by atoms with Crippen molar-refractivity contribution in [2.75, 3.05) is 0 Å². The Morgan fingerprint density at radius 3 is 1.38 bits per heavy atom. The predicted octanol–water partition coefficient (Wildman–Crippen LogP) is 4.82. The van der Waals surface area contributed by atoms with E-state index in [-0.39, 0.29) is 0 Å². The maximum atomic E-state index is 3.82. The summed E-state index contributed by atoms with van der Waals surface area (Å²) in [5.74, 6) is 1.75. The molecule has 0 atom stereocenters. The Morgan fingerprint density at radius 2 is 1.12 bits per heavy atom. The highest BCUT2D eigenvalue weighted by Crippen LogP contribution is 2.26. The van der Waals surface area contributed by atoms with E-state index in [1.54, 1.807) is 0 Å². The van der Waals surface area contributed by atoms with Gasteiger partial charge in [-0.3, -0.25) is 0 Å². The van der Waals surface area contributed by atoms with Crippen LogP contribution >= 0.6 is 9.24 Å². The Hall–Kier alpha value is -0.350. The lowest BCUT2D eigenvalue weighted by molar-refractivity contribution is 0.813. The van der Waals surface area contributed by atoms with Gasteiger partial charge in [0.2, 0.25) is 0 Å². The molecule has 0 heterocycles. The van der Waals surface area contributed by atoms with Gasteiger partial charge >= 0.3 is 0 Å². The Balaban J connectivity index is 3.39. The van der Waals surface area contributed by atoms with E-state index in [9.17, 15) is 0 Å². The molecule has 90 valence electrons. The minimum atomic E-state index is 0.573. The molecule has 0 aliphatic carbocycles. The molecule has 0 unspecified atom stereocenters. The number of benzene rings is 1. The van der Waals surface area contributed by atoms with Gasteiger partial charge in [-0.2, -0.15) is 0 Å². The van der Waals surface area contributed by atoms with Crippen LogP contribution in [0.3, 0.4) is 0 Å². The summed E-state index contributed by atoms with van der Waals surface area (Å²) in [5.41, 5.74) is 4.33. The maximum Gasteiger partial charge on any atom is -0.0219 e. The fourth-order valence-corrected chi connectivity index (χ4v) is 2.68. The molecule has 0 aliphatic rings. The van der Waals surface area contributed by atoms with Crippen molar-refractivity contribution in [2.24, 2.45) is 0 Å². The fourth-order valence-electron chi connectivity index (χ4n) is 1.96. The zero-order valence-corrected chi connectivity index (χ0v) is 12.4. The van der Waals surface area contributed by atoms with Crippen LogP contribution in [0.4, 0.5) is 0 Å². The summed E-state index contributed by atoms with van der Waals surface area (Å²) in [6, 6.07) is 4.70. The molecule has 0 nitrogen and oxygen atoms in total. The first-order valence-electron chi connectivity index (χ1n) is 6.23. The Morgan fingerprint density at radius 1 is 0.750 bits per heavy atom. The first-order chi connectivity index (χ1) is 7.34. The molecule has 0 amide bonds. The molecule has 16 heavy (non-hydrogen) atoms. The third-order valence-corrected chi connectivity index (χ3v) is 3.71. The Bertz CT molecular complexity index is 333. The van der Waals surface area contributed by atoms with Crippen molar-refractivity contribution in [1.29, 1.82) is 0 Å². The van der Waals surface area contributed by atoms with E-state index < -0.39 is 0 Å². The van der Waals surface area contributed by atoms with Crippen LogP contribution in [0.2, 0.25) is 0 Å². The van der Waals surface area contributed by atoms with E-state index in [4.69, 9.17) is 0 Å². The van der Waals surface area contributed by atoms with Crippen molar-refractivity contribution >= 4 is 14.5 Å². The SMILES string of the molecule is CC(C)c1cc(C(C)C)c([PH-])c(C(C)C)c1. The first-order valence-corrected chi connectivity index (χ1v) is 6.73. The molecule has 0 aromatic heterocycles. The minimum Gasteiger partial charge on any atom is -0.524 e. The predicted molar refractivity (Wildman–Crippen MR) is 76.7 cm³/mol. The Kier molecular flexibility index (Phi) is 4.56. The van der Waals surface area contributed by atoms with Gasteiger partial charge in [0.15, 0.2) is 0 Å². The van der Waals surface area contributed by atoms with Crippen molar-refractivity contribution in [2.45, 2.75) is 59.3 Å². The van der Waals surface area contributed by atoms with Crippen molar-refractivity contribution in [3.05, 3.63) is 28.8 Å². The summed E-state index contributed by atoms with van der Waals surface area (Å²) in [7, 11) is 3.82. The maximum absolute atomic E-state index is 3.82. The lowest BCUT2D eigenvalue weighted by atomic mass is 9.89. The largest absolute Gasteiger partial charge is 0.524 e. The summed E-state index contributed by atoms with van der Waals surface area (Å²) >= 11 is 0. The topological polar surface area (TPSA) is 0 Å². The third kappa shape index (κ3) is 2.86. The van der Waals surface area contributed by atoms with E-state index in [0.29, 0.717) is 17.8 Å².